The summed E-state index contributed by atoms with van der Waals surface area (Å²) in [5.41, 5.74) is 4.22. The number of benzene rings is 2. The number of nitrogens with one attached hydrogen (secondary N) is 2. The number of aromatic amines is 1. The topological polar surface area (TPSA) is 73.9 Å². The van der Waals surface area contributed by atoms with Crippen LogP contribution in [0.2, 0.25) is 0 Å². The van der Waals surface area contributed by atoms with Gasteiger partial charge in [-0.15, -0.1) is 0 Å². The molecule has 0 spiro atoms. The first-order chi connectivity index (χ1) is 14.7. The zero-order chi connectivity index (χ0) is 20.8. The predicted molar refractivity (Wildman–Crippen MR) is 119 cm³/mol. The lowest BCUT2D eigenvalue weighted by Gasteiger charge is -2.28. The summed E-state index contributed by atoms with van der Waals surface area (Å²) in [6, 6.07) is 16.6. The largest absolute Gasteiger partial charge is 0.350 e. The zero-order valence-corrected chi connectivity index (χ0v) is 18.0. The quantitative estimate of drug-likeness (QED) is 0.539. The zero-order valence-electron chi connectivity index (χ0n) is 17.2. The first-order valence-electron chi connectivity index (χ1n) is 10.4. The van der Waals surface area contributed by atoms with Gasteiger partial charge in [0, 0.05) is 17.9 Å². The molecule has 3 aromatic rings. The average molecular weight is 422 g/mol. The molecule has 6 nitrogen and oxygen atoms in total. The van der Waals surface area contributed by atoms with Crippen LogP contribution in [0.25, 0.3) is 0 Å². The van der Waals surface area contributed by atoms with Gasteiger partial charge in [-0.05, 0) is 50.0 Å². The second kappa shape index (κ2) is 9.91. The van der Waals surface area contributed by atoms with Crippen LogP contribution in [0.3, 0.4) is 0 Å². The Kier molecular flexibility index (Phi) is 6.81. The van der Waals surface area contributed by atoms with Crippen LogP contribution in [-0.4, -0.2) is 45.6 Å². The van der Waals surface area contributed by atoms with Gasteiger partial charge in [0.2, 0.25) is 0 Å². The Balaban J connectivity index is 1.45. The van der Waals surface area contributed by atoms with Crippen molar-refractivity contribution in [2.75, 3.05) is 19.6 Å². The summed E-state index contributed by atoms with van der Waals surface area (Å²) in [5, 5.41) is 10.7. The molecule has 1 aliphatic heterocycles. The Morgan fingerprint density at radius 1 is 1.17 bits per heavy atom. The second-order valence-corrected chi connectivity index (χ2v) is 8.58. The Labute approximate surface area is 181 Å². The van der Waals surface area contributed by atoms with E-state index in [1.807, 2.05) is 24.3 Å². The minimum atomic E-state index is -0.0277. The van der Waals surface area contributed by atoms with Gasteiger partial charge in [0.15, 0.2) is 5.16 Å². The van der Waals surface area contributed by atoms with Crippen molar-refractivity contribution in [1.29, 1.82) is 0 Å². The molecule has 30 heavy (non-hydrogen) atoms. The van der Waals surface area contributed by atoms with E-state index in [-0.39, 0.29) is 11.9 Å². The van der Waals surface area contributed by atoms with E-state index in [4.69, 9.17) is 0 Å². The van der Waals surface area contributed by atoms with E-state index in [1.165, 1.54) is 42.1 Å². The molecule has 1 saturated heterocycles. The minimum Gasteiger partial charge on any atom is -0.350 e. The molecule has 0 saturated carbocycles. The van der Waals surface area contributed by atoms with Crippen LogP contribution in [-0.2, 0) is 5.75 Å². The number of amides is 1. The first-order valence-corrected chi connectivity index (χ1v) is 11.3. The molecule has 0 bridgehead atoms. The van der Waals surface area contributed by atoms with Crippen molar-refractivity contribution < 1.29 is 4.79 Å². The van der Waals surface area contributed by atoms with E-state index in [0.717, 1.165) is 23.8 Å². The molecule has 1 fully saturated rings. The fraction of sp³-hybridized carbons (Fsp3) is 0.348. The van der Waals surface area contributed by atoms with Crippen LogP contribution >= 0.6 is 11.8 Å². The minimum absolute atomic E-state index is 0.0277. The number of aryl methyl sites for hydroxylation is 1. The van der Waals surface area contributed by atoms with Gasteiger partial charge in [-0.1, -0.05) is 59.8 Å². The average Bonchev–Trinajstić information content (AvgIpc) is 3.48. The van der Waals surface area contributed by atoms with Gasteiger partial charge in [0.25, 0.3) is 5.91 Å². The van der Waals surface area contributed by atoms with Crippen LogP contribution in [0.5, 0.6) is 0 Å². The van der Waals surface area contributed by atoms with Crippen molar-refractivity contribution in [1.82, 2.24) is 25.4 Å². The van der Waals surface area contributed by atoms with E-state index in [0.29, 0.717) is 17.9 Å². The second-order valence-electron chi connectivity index (χ2n) is 7.62. The number of rotatable bonds is 8. The van der Waals surface area contributed by atoms with E-state index >= 15 is 0 Å². The van der Waals surface area contributed by atoms with Crippen LogP contribution < -0.4 is 5.32 Å². The van der Waals surface area contributed by atoms with Crippen molar-refractivity contribution in [2.45, 2.75) is 36.7 Å². The molecular formula is C23H27N5OS. The Hall–Kier alpha value is -2.64. The van der Waals surface area contributed by atoms with E-state index in [1.54, 1.807) is 0 Å². The molecule has 7 heteroatoms. The third kappa shape index (κ3) is 5.09. The normalized spacial score (nSPS) is 15.2. The third-order valence-electron chi connectivity index (χ3n) is 5.52. The molecular weight excluding hydrogens is 394 g/mol. The van der Waals surface area contributed by atoms with Gasteiger partial charge < -0.3 is 5.32 Å². The summed E-state index contributed by atoms with van der Waals surface area (Å²) < 4.78 is 0. The smallest absolute Gasteiger partial charge is 0.251 e. The molecule has 1 atom stereocenters. The summed E-state index contributed by atoms with van der Waals surface area (Å²) in [6.07, 6.45) is 3.93. The molecule has 2 N–H and O–H groups in total. The summed E-state index contributed by atoms with van der Waals surface area (Å²) in [7, 11) is 0. The maximum Gasteiger partial charge on any atom is 0.251 e. The maximum atomic E-state index is 13.1. The number of hydrogen-bond acceptors (Lipinski definition) is 5. The molecule has 1 unspecified atom stereocenters. The summed E-state index contributed by atoms with van der Waals surface area (Å²) in [5.74, 6) is 0.631. The first kappa shape index (κ1) is 20.6. The SMILES string of the molecule is Cc1ccc(C(CNC(=O)c2ccccc2CSc2ncn[nH]2)N2CCCC2)cc1. The Bertz CT molecular complexity index is 952. The van der Waals surface area contributed by atoms with Gasteiger partial charge in [-0.3, -0.25) is 14.8 Å². The van der Waals surface area contributed by atoms with Crippen molar-refractivity contribution in [3.05, 3.63) is 77.1 Å². The number of nitrogens with zero attached hydrogens (tertiary/aromatic N) is 3. The lowest BCUT2D eigenvalue weighted by Crippen LogP contribution is -2.37. The fourth-order valence-electron chi connectivity index (χ4n) is 3.86. The molecule has 0 aliphatic carbocycles. The third-order valence-corrected chi connectivity index (χ3v) is 6.44. The highest BCUT2D eigenvalue weighted by molar-refractivity contribution is 7.98. The lowest BCUT2D eigenvalue weighted by molar-refractivity contribution is 0.0937. The van der Waals surface area contributed by atoms with Gasteiger partial charge in [0.1, 0.15) is 6.33 Å². The monoisotopic (exact) mass is 421 g/mol. The van der Waals surface area contributed by atoms with Crippen LogP contribution in [0.4, 0.5) is 0 Å². The Morgan fingerprint density at radius 2 is 1.93 bits per heavy atom. The summed E-state index contributed by atoms with van der Waals surface area (Å²) >= 11 is 1.54. The number of thioether (sulfide) groups is 1. The molecule has 2 aromatic carbocycles. The predicted octanol–water partition coefficient (Wildman–Crippen LogP) is 3.97. The van der Waals surface area contributed by atoms with E-state index < -0.39 is 0 Å². The molecule has 1 amide bonds. The maximum absolute atomic E-state index is 13.1. The summed E-state index contributed by atoms with van der Waals surface area (Å²) in [4.78, 5) is 19.7. The van der Waals surface area contributed by atoms with Crippen molar-refractivity contribution in [3.8, 4) is 0 Å². The van der Waals surface area contributed by atoms with E-state index in [2.05, 4.69) is 56.6 Å². The number of carbonyl (C=O) groups excluding carboxylic acids is 1. The van der Waals surface area contributed by atoms with Crippen molar-refractivity contribution >= 4 is 17.7 Å². The van der Waals surface area contributed by atoms with Gasteiger partial charge >= 0.3 is 0 Å². The molecule has 1 aromatic heterocycles. The van der Waals surface area contributed by atoms with Crippen molar-refractivity contribution in [3.63, 3.8) is 0 Å². The molecule has 1 aliphatic rings. The number of carbonyl (C=O) groups is 1. The van der Waals surface area contributed by atoms with Crippen LogP contribution in [0.1, 0.15) is 45.9 Å². The standard InChI is InChI=1S/C23H27N5OS/c1-17-8-10-18(11-9-17)21(28-12-4-5-13-28)14-24-22(29)20-7-3-2-6-19(20)15-30-23-25-16-26-27-23/h2-3,6-11,16,21H,4-5,12-15H2,1H3,(H,24,29)(H,25,26,27). The Morgan fingerprint density at radius 3 is 2.67 bits per heavy atom. The van der Waals surface area contributed by atoms with Crippen molar-refractivity contribution in [2.24, 2.45) is 0 Å². The number of likely N-dealkylation sites (tertiary alicyclic amines) is 1. The highest BCUT2D eigenvalue weighted by Crippen LogP contribution is 2.26. The summed E-state index contributed by atoms with van der Waals surface area (Å²) in [6.45, 7) is 4.87. The number of hydrogen-bond donors (Lipinski definition) is 2. The molecule has 0 radical (unpaired) electrons. The molecule has 2 heterocycles. The van der Waals surface area contributed by atoms with Gasteiger partial charge in [0.05, 0.1) is 6.04 Å². The highest BCUT2D eigenvalue weighted by atomic mass is 32.2. The van der Waals surface area contributed by atoms with Gasteiger partial charge in [-0.25, -0.2) is 4.98 Å². The van der Waals surface area contributed by atoms with Crippen LogP contribution in [0.15, 0.2) is 60.0 Å². The molecule has 156 valence electrons. The number of aromatic nitrogens is 3. The number of H-pyrrole nitrogens is 1. The highest BCUT2D eigenvalue weighted by Gasteiger charge is 2.24. The molecule has 4 rings (SSSR count). The lowest BCUT2D eigenvalue weighted by atomic mass is 10.0. The van der Waals surface area contributed by atoms with Gasteiger partial charge in [-0.2, -0.15) is 5.10 Å². The fourth-order valence-corrected chi connectivity index (χ4v) is 4.64. The van der Waals surface area contributed by atoms with E-state index in [9.17, 15) is 4.79 Å². The van der Waals surface area contributed by atoms with Crippen LogP contribution in [0, 0.1) is 6.92 Å².